The molecule has 0 bridgehead atoms. The Kier molecular flexibility index (Phi) is 4.36. The van der Waals surface area contributed by atoms with Crippen LogP contribution in [0.15, 0.2) is 53.3 Å². The van der Waals surface area contributed by atoms with Gasteiger partial charge < -0.3 is 10.2 Å². The molecule has 0 radical (unpaired) electrons. The lowest BCUT2D eigenvalue weighted by Gasteiger charge is -2.20. The lowest BCUT2D eigenvalue weighted by Crippen LogP contribution is -2.28. The third-order valence-electron chi connectivity index (χ3n) is 2.68. The lowest BCUT2D eigenvalue weighted by molar-refractivity contribution is 0.263. The molecule has 2 N–H and O–H groups in total. The van der Waals surface area contributed by atoms with Crippen molar-refractivity contribution in [1.29, 1.82) is 0 Å². The van der Waals surface area contributed by atoms with Gasteiger partial charge in [-0.25, -0.2) is 0 Å². The van der Waals surface area contributed by atoms with Crippen LogP contribution in [0.25, 0.3) is 0 Å². The standard InChI is InChI=1S/C14H18N2O/c15-7-8-16(11-14-6-9-17-12-14)10-13-4-2-1-3-5-13/h1-6,9,12H,7-8,10-11,15H2. The zero-order valence-corrected chi connectivity index (χ0v) is 9.88. The molecule has 2 aromatic rings. The summed E-state index contributed by atoms with van der Waals surface area (Å²) in [5.41, 5.74) is 8.15. The minimum absolute atomic E-state index is 0.671. The zero-order valence-electron chi connectivity index (χ0n) is 9.88. The maximum atomic E-state index is 5.65. The van der Waals surface area contributed by atoms with Gasteiger partial charge in [-0.1, -0.05) is 30.3 Å². The third kappa shape index (κ3) is 3.73. The Balaban J connectivity index is 1.97. The molecule has 17 heavy (non-hydrogen) atoms. The average molecular weight is 230 g/mol. The Labute approximate surface area is 102 Å². The van der Waals surface area contributed by atoms with Gasteiger partial charge >= 0.3 is 0 Å². The Morgan fingerprint density at radius 3 is 2.41 bits per heavy atom. The zero-order chi connectivity index (χ0) is 11.9. The van der Waals surface area contributed by atoms with Crippen molar-refractivity contribution in [3.8, 4) is 0 Å². The number of hydrogen-bond donors (Lipinski definition) is 1. The molecule has 0 aliphatic carbocycles. The van der Waals surface area contributed by atoms with Crippen LogP contribution in [0, 0.1) is 0 Å². The second-order valence-corrected chi connectivity index (χ2v) is 4.12. The molecule has 3 heteroatoms. The average Bonchev–Trinajstić information content (AvgIpc) is 2.83. The van der Waals surface area contributed by atoms with E-state index in [1.165, 1.54) is 11.1 Å². The van der Waals surface area contributed by atoms with E-state index in [1.54, 1.807) is 12.5 Å². The third-order valence-corrected chi connectivity index (χ3v) is 2.68. The molecule has 0 aliphatic heterocycles. The normalized spacial score (nSPS) is 10.9. The minimum Gasteiger partial charge on any atom is -0.472 e. The summed E-state index contributed by atoms with van der Waals surface area (Å²) in [5, 5.41) is 0. The van der Waals surface area contributed by atoms with Gasteiger partial charge in [0.15, 0.2) is 0 Å². The van der Waals surface area contributed by atoms with E-state index in [4.69, 9.17) is 10.2 Å². The molecule has 90 valence electrons. The monoisotopic (exact) mass is 230 g/mol. The Morgan fingerprint density at radius 1 is 1.00 bits per heavy atom. The first kappa shape index (κ1) is 11.9. The molecule has 0 saturated carbocycles. The second-order valence-electron chi connectivity index (χ2n) is 4.12. The molecule has 0 amide bonds. The van der Waals surface area contributed by atoms with Crippen molar-refractivity contribution in [2.75, 3.05) is 13.1 Å². The highest BCUT2D eigenvalue weighted by Gasteiger charge is 2.06. The summed E-state index contributed by atoms with van der Waals surface area (Å²) in [6, 6.07) is 12.4. The molecular formula is C14H18N2O. The number of nitrogens with zero attached hydrogens (tertiary/aromatic N) is 1. The van der Waals surface area contributed by atoms with Crippen molar-refractivity contribution < 1.29 is 4.42 Å². The number of furan rings is 1. The molecule has 3 nitrogen and oxygen atoms in total. The molecule has 0 aliphatic rings. The van der Waals surface area contributed by atoms with E-state index in [-0.39, 0.29) is 0 Å². The first-order chi connectivity index (χ1) is 8.38. The fourth-order valence-corrected chi connectivity index (χ4v) is 1.88. The summed E-state index contributed by atoms with van der Waals surface area (Å²) < 4.78 is 5.09. The van der Waals surface area contributed by atoms with Gasteiger partial charge in [0.2, 0.25) is 0 Å². The number of rotatable bonds is 6. The molecule has 1 heterocycles. The topological polar surface area (TPSA) is 42.4 Å². The summed E-state index contributed by atoms with van der Waals surface area (Å²) in [6.07, 6.45) is 3.49. The van der Waals surface area contributed by atoms with Crippen LogP contribution < -0.4 is 5.73 Å². The van der Waals surface area contributed by atoms with Gasteiger partial charge in [0.25, 0.3) is 0 Å². The van der Waals surface area contributed by atoms with Crippen molar-refractivity contribution in [2.24, 2.45) is 5.73 Å². The Bertz CT molecular complexity index is 411. The van der Waals surface area contributed by atoms with Crippen LogP contribution in [0.5, 0.6) is 0 Å². The smallest absolute Gasteiger partial charge is 0.0947 e. The molecule has 1 aromatic carbocycles. The lowest BCUT2D eigenvalue weighted by atomic mass is 10.2. The van der Waals surface area contributed by atoms with Crippen LogP contribution in [0.3, 0.4) is 0 Å². The molecule has 0 fully saturated rings. The summed E-state index contributed by atoms with van der Waals surface area (Å²) in [5.74, 6) is 0. The largest absolute Gasteiger partial charge is 0.472 e. The molecule has 0 atom stereocenters. The van der Waals surface area contributed by atoms with Crippen molar-refractivity contribution in [3.05, 3.63) is 60.1 Å². The molecular weight excluding hydrogens is 212 g/mol. The van der Waals surface area contributed by atoms with Crippen LogP contribution in [-0.4, -0.2) is 18.0 Å². The van der Waals surface area contributed by atoms with E-state index in [0.717, 1.165) is 19.6 Å². The van der Waals surface area contributed by atoms with Gasteiger partial charge in [0.05, 0.1) is 12.5 Å². The van der Waals surface area contributed by atoms with Crippen LogP contribution in [0.2, 0.25) is 0 Å². The second kappa shape index (κ2) is 6.23. The predicted octanol–water partition coefficient (Wildman–Crippen LogP) is 2.24. The van der Waals surface area contributed by atoms with Crippen molar-refractivity contribution in [1.82, 2.24) is 4.90 Å². The van der Waals surface area contributed by atoms with E-state index < -0.39 is 0 Å². The first-order valence-corrected chi connectivity index (χ1v) is 5.86. The Hall–Kier alpha value is -1.58. The van der Waals surface area contributed by atoms with Gasteiger partial charge in [-0.3, -0.25) is 4.90 Å². The maximum absolute atomic E-state index is 5.65. The Morgan fingerprint density at radius 2 is 1.76 bits per heavy atom. The molecule has 2 rings (SSSR count). The quantitative estimate of drug-likeness (QED) is 0.827. The van der Waals surface area contributed by atoms with Gasteiger partial charge in [0.1, 0.15) is 0 Å². The number of nitrogens with two attached hydrogens (primary N) is 1. The highest BCUT2D eigenvalue weighted by atomic mass is 16.3. The van der Waals surface area contributed by atoms with Crippen LogP contribution in [0.4, 0.5) is 0 Å². The molecule has 0 spiro atoms. The van der Waals surface area contributed by atoms with E-state index in [1.807, 2.05) is 12.1 Å². The van der Waals surface area contributed by atoms with Gasteiger partial charge in [-0.15, -0.1) is 0 Å². The predicted molar refractivity (Wildman–Crippen MR) is 68.3 cm³/mol. The highest BCUT2D eigenvalue weighted by Crippen LogP contribution is 2.09. The van der Waals surface area contributed by atoms with Gasteiger partial charge in [-0.2, -0.15) is 0 Å². The van der Waals surface area contributed by atoms with Crippen LogP contribution in [-0.2, 0) is 13.1 Å². The van der Waals surface area contributed by atoms with Crippen molar-refractivity contribution >= 4 is 0 Å². The SMILES string of the molecule is NCCN(Cc1ccccc1)Cc1ccoc1. The van der Waals surface area contributed by atoms with E-state index in [9.17, 15) is 0 Å². The molecule has 0 unspecified atom stereocenters. The highest BCUT2D eigenvalue weighted by molar-refractivity contribution is 5.15. The van der Waals surface area contributed by atoms with E-state index in [0.29, 0.717) is 6.54 Å². The number of hydrogen-bond acceptors (Lipinski definition) is 3. The van der Waals surface area contributed by atoms with Gasteiger partial charge in [-0.05, 0) is 11.6 Å². The minimum atomic E-state index is 0.671. The van der Waals surface area contributed by atoms with Crippen molar-refractivity contribution in [3.63, 3.8) is 0 Å². The number of benzene rings is 1. The van der Waals surface area contributed by atoms with Crippen LogP contribution in [0.1, 0.15) is 11.1 Å². The summed E-state index contributed by atoms with van der Waals surface area (Å²) >= 11 is 0. The molecule has 1 aromatic heterocycles. The molecule has 0 saturated heterocycles. The van der Waals surface area contributed by atoms with E-state index in [2.05, 4.69) is 29.2 Å². The van der Waals surface area contributed by atoms with Crippen molar-refractivity contribution in [2.45, 2.75) is 13.1 Å². The summed E-state index contributed by atoms with van der Waals surface area (Å²) in [7, 11) is 0. The fraction of sp³-hybridized carbons (Fsp3) is 0.286. The first-order valence-electron chi connectivity index (χ1n) is 5.86. The summed E-state index contributed by atoms with van der Waals surface area (Å²) in [4.78, 5) is 2.32. The van der Waals surface area contributed by atoms with Gasteiger partial charge in [0, 0.05) is 31.7 Å². The summed E-state index contributed by atoms with van der Waals surface area (Å²) in [6.45, 7) is 3.36. The fourth-order valence-electron chi connectivity index (χ4n) is 1.88. The van der Waals surface area contributed by atoms with Crippen LogP contribution >= 0.6 is 0 Å². The maximum Gasteiger partial charge on any atom is 0.0947 e. The van der Waals surface area contributed by atoms with E-state index >= 15 is 0 Å².